The Kier molecular flexibility index (Phi) is 4.20. The van der Waals surface area contributed by atoms with Crippen molar-refractivity contribution in [3.63, 3.8) is 0 Å². The van der Waals surface area contributed by atoms with Crippen molar-refractivity contribution in [3.05, 3.63) is 56.8 Å². The lowest BCUT2D eigenvalue weighted by Gasteiger charge is -2.12. The molecule has 0 spiro atoms. The number of hydrogen-bond acceptors (Lipinski definition) is 2. The van der Waals surface area contributed by atoms with Crippen molar-refractivity contribution < 1.29 is 5.11 Å². The maximum atomic E-state index is 10.5. The highest BCUT2D eigenvalue weighted by atomic mass is 32.1. The molecule has 1 unspecified atom stereocenters. The van der Waals surface area contributed by atoms with Crippen LogP contribution < -0.4 is 0 Å². The average Bonchev–Trinajstić information content (AvgIpc) is 2.68. The van der Waals surface area contributed by atoms with Crippen LogP contribution in [0.15, 0.2) is 30.3 Å². The van der Waals surface area contributed by atoms with Crippen LogP contribution in [0.2, 0.25) is 0 Å². The van der Waals surface area contributed by atoms with Crippen LogP contribution in [0.4, 0.5) is 0 Å². The minimum Gasteiger partial charge on any atom is -0.384 e. The third kappa shape index (κ3) is 2.82. The number of hydrogen-bond donors (Lipinski definition) is 1. The first kappa shape index (κ1) is 13.3. The lowest BCUT2D eigenvalue weighted by molar-refractivity contribution is 0.220. The van der Waals surface area contributed by atoms with E-state index in [9.17, 15) is 5.11 Å². The molecule has 1 heterocycles. The first-order valence-corrected chi connectivity index (χ1v) is 7.27. The summed E-state index contributed by atoms with van der Waals surface area (Å²) in [6.07, 6.45) is 1.71. The molecule has 1 aromatic carbocycles. The first-order chi connectivity index (χ1) is 8.61. The zero-order valence-electron chi connectivity index (χ0n) is 11.2. The van der Waals surface area contributed by atoms with E-state index in [1.165, 1.54) is 15.3 Å². The second-order valence-corrected chi connectivity index (χ2v) is 6.23. The molecule has 1 aromatic heterocycles. The molecular formula is C16H20OS. The third-order valence-electron chi connectivity index (χ3n) is 3.18. The van der Waals surface area contributed by atoms with E-state index < -0.39 is 6.10 Å². The lowest BCUT2D eigenvalue weighted by Crippen LogP contribution is -2.00. The van der Waals surface area contributed by atoms with Crippen LogP contribution in [-0.2, 0) is 6.42 Å². The summed E-state index contributed by atoms with van der Waals surface area (Å²) in [5.41, 5.74) is 3.35. The molecule has 96 valence electrons. The van der Waals surface area contributed by atoms with E-state index in [2.05, 4.69) is 39.0 Å². The van der Waals surface area contributed by atoms with Gasteiger partial charge in [0.15, 0.2) is 0 Å². The van der Waals surface area contributed by atoms with Crippen molar-refractivity contribution in [1.82, 2.24) is 0 Å². The molecule has 0 radical (unpaired) electrons. The van der Waals surface area contributed by atoms with E-state index in [1.807, 2.05) is 12.1 Å². The maximum Gasteiger partial charge on any atom is 0.105 e. The van der Waals surface area contributed by atoms with Crippen molar-refractivity contribution in [2.24, 2.45) is 0 Å². The van der Waals surface area contributed by atoms with Crippen molar-refractivity contribution in [2.75, 3.05) is 0 Å². The lowest BCUT2D eigenvalue weighted by atomic mass is 9.99. The standard InChI is InChI=1S/C16H20OS/c1-4-6-13-7-5-8-14(10-13)16(17)15-9-11(2)18-12(15)3/h5,7-10,16-17H,4,6H2,1-3H3. The molecule has 0 fully saturated rings. The average molecular weight is 260 g/mol. The Balaban J connectivity index is 2.30. The molecule has 0 aliphatic rings. The van der Waals surface area contributed by atoms with E-state index in [-0.39, 0.29) is 0 Å². The van der Waals surface area contributed by atoms with Gasteiger partial charge in [0.2, 0.25) is 0 Å². The molecule has 18 heavy (non-hydrogen) atoms. The van der Waals surface area contributed by atoms with E-state index in [1.54, 1.807) is 11.3 Å². The SMILES string of the molecule is CCCc1cccc(C(O)c2cc(C)sc2C)c1. The van der Waals surface area contributed by atoms with Gasteiger partial charge >= 0.3 is 0 Å². The summed E-state index contributed by atoms with van der Waals surface area (Å²) in [6, 6.07) is 10.4. The number of rotatable bonds is 4. The molecule has 2 heteroatoms. The predicted octanol–water partition coefficient (Wildman–Crippen LogP) is 4.40. The topological polar surface area (TPSA) is 20.2 Å². The van der Waals surface area contributed by atoms with Crippen LogP contribution in [0.3, 0.4) is 0 Å². The van der Waals surface area contributed by atoms with Crippen LogP contribution in [0.25, 0.3) is 0 Å². The molecule has 0 aliphatic carbocycles. The second kappa shape index (κ2) is 5.68. The number of aliphatic hydroxyl groups excluding tert-OH is 1. The fraction of sp³-hybridized carbons (Fsp3) is 0.375. The summed E-state index contributed by atoms with van der Waals surface area (Å²) in [6.45, 7) is 6.34. The van der Waals surface area contributed by atoms with Crippen molar-refractivity contribution >= 4 is 11.3 Å². The van der Waals surface area contributed by atoms with Gasteiger partial charge in [-0.15, -0.1) is 11.3 Å². The van der Waals surface area contributed by atoms with Gasteiger partial charge in [0, 0.05) is 9.75 Å². The second-order valence-electron chi connectivity index (χ2n) is 4.77. The molecule has 0 amide bonds. The van der Waals surface area contributed by atoms with E-state index in [0.717, 1.165) is 24.0 Å². The Morgan fingerprint density at radius 1 is 1.22 bits per heavy atom. The van der Waals surface area contributed by atoms with Gasteiger partial charge in [-0.05, 0) is 43.0 Å². The highest BCUT2D eigenvalue weighted by molar-refractivity contribution is 7.12. The van der Waals surface area contributed by atoms with Gasteiger partial charge in [-0.3, -0.25) is 0 Å². The summed E-state index contributed by atoms with van der Waals surface area (Å²) in [5, 5.41) is 10.5. The zero-order valence-corrected chi connectivity index (χ0v) is 12.1. The number of benzene rings is 1. The van der Waals surface area contributed by atoms with Crippen LogP contribution in [0.5, 0.6) is 0 Å². The van der Waals surface area contributed by atoms with Crippen LogP contribution >= 0.6 is 11.3 Å². The van der Waals surface area contributed by atoms with Gasteiger partial charge in [-0.2, -0.15) is 0 Å². The Bertz CT molecular complexity index is 528. The zero-order chi connectivity index (χ0) is 13.1. The van der Waals surface area contributed by atoms with E-state index in [4.69, 9.17) is 0 Å². The minimum absolute atomic E-state index is 0.494. The molecule has 0 saturated heterocycles. The summed E-state index contributed by atoms with van der Waals surface area (Å²) < 4.78 is 0. The molecule has 1 atom stereocenters. The monoisotopic (exact) mass is 260 g/mol. The normalized spacial score (nSPS) is 12.7. The van der Waals surface area contributed by atoms with Gasteiger partial charge in [-0.1, -0.05) is 37.6 Å². The minimum atomic E-state index is -0.494. The van der Waals surface area contributed by atoms with Gasteiger partial charge in [0.05, 0.1) is 0 Å². The summed E-state index contributed by atoms with van der Waals surface area (Å²) >= 11 is 1.75. The Morgan fingerprint density at radius 2 is 2.00 bits per heavy atom. The Hall–Kier alpha value is -1.12. The highest BCUT2D eigenvalue weighted by Crippen LogP contribution is 2.30. The molecule has 0 saturated carbocycles. The van der Waals surface area contributed by atoms with Crippen molar-refractivity contribution in [2.45, 2.75) is 39.7 Å². The van der Waals surface area contributed by atoms with Gasteiger partial charge in [0.25, 0.3) is 0 Å². The quantitative estimate of drug-likeness (QED) is 0.864. The molecule has 0 bridgehead atoms. The summed E-state index contributed by atoms with van der Waals surface area (Å²) in [5.74, 6) is 0. The van der Waals surface area contributed by atoms with E-state index in [0.29, 0.717) is 0 Å². The van der Waals surface area contributed by atoms with Crippen molar-refractivity contribution in [1.29, 1.82) is 0 Å². The first-order valence-electron chi connectivity index (χ1n) is 6.45. The highest BCUT2D eigenvalue weighted by Gasteiger charge is 2.15. The van der Waals surface area contributed by atoms with Crippen LogP contribution in [0, 0.1) is 13.8 Å². The molecule has 2 rings (SSSR count). The summed E-state index contributed by atoms with van der Waals surface area (Å²) in [4.78, 5) is 2.46. The largest absolute Gasteiger partial charge is 0.384 e. The van der Waals surface area contributed by atoms with Crippen LogP contribution in [-0.4, -0.2) is 5.11 Å². The fourth-order valence-corrected chi connectivity index (χ4v) is 3.27. The smallest absolute Gasteiger partial charge is 0.105 e. The molecule has 1 nitrogen and oxygen atoms in total. The van der Waals surface area contributed by atoms with Gasteiger partial charge in [-0.25, -0.2) is 0 Å². The molecule has 2 aromatic rings. The van der Waals surface area contributed by atoms with Gasteiger partial charge in [0.1, 0.15) is 6.10 Å². The molecular weight excluding hydrogens is 240 g/mol. The number of aliphatic hydroxyl groups is 1. The van der Waals surface area contributed by atoms with Gasteiger partial charge < -0.3 is 5.11 Å². The third-order valence-corrected chi connectivity index (χ3v) is 4.16. The number of thiophene rings is 1. The predicted molar refractivity (Wildman–Crippen MR) is 78.3 cm³/mol. The van der Waals surface area contributed by atoms with E-state index >= 15 is 0 Å². The molecule has 0 aliphatic heterocycles. The van der Waals surface area contributed by atoms with Crippen LogP contribution in [0.1, 0.15) is 45.9 Å². The fourth-order valence-electron chi connectivity index (χ4n) is 2.31. The molecule has 1 N–H and O–H groups in total. The van der Waals surface area contributed by atoms with Crippen molar-refractivity contribution in [3.8, 4) is 0 Å². The maximum absolute atomic E-state index is 10.5. The number of aryl methyl sites for hydroxylation is 3. The Morgan fingerprint density at radius 3 is 2.61 bits per heavy atom. The summed E-state index contributed by atoms with van der Waals surface area (Å²) in [7, 11) is 0. The Labute approximate surface area is 113 Å².